The van der Waals surface area contributed by atoms with Gasteiger partial charge >= 0.3 is 6.18 Å². The summed E-state index contributed by atoms with van der Waals surface area (Å²) in [6, 6.07) is 6.21. The third-order valence-electron chi connectivity index (χ3n) is 4.45. The fourth-order valence-corrected chi connectivity index (χ4v) is 3.27. The standard InChI is InChI=1S/C17H24F3N/c1-2-5-13-8-10-15(11-9-13)21-12-14-6-3-4-7-16(14)17(18,19)20/h3-4,6-7,13,15,21H,2,5,8-12H2,1H3. The maximum Gasteiger partial charge on any atom is 0.416 e. The third-order valence-corrected chi connectivity index (χ3v) is 4.45. The van der Waals surface area contributed by atoms with Gasteiger partial charge in [-0.25, -0.2) is 0 Å². The summed E-state index contributed by atoms with van der Waals surface area (Å²) < 4.78 is 38.8. The van der Waals surface area contributed by atoms with Gasteiger partial charge in [-0.3, -0.25) is 0 Å². The van der Waals surface area contributed by atoms with Crippen molar-refractivity contribution in [1.82, 2.24) is 5.32 Å². The van der Waals surface area contributed by atoms with Crippen LogP contribution in [0, 0.1) is 5.92 Å². The number of hydrogen-bond acceptors (Lipinski definition) is 1. The van der Waals surface area contributed by atoms with Crippen LogP contribution in [0.4, 0.5) is 13.2 Å². The molecule has 0 radical (unpaired) electrons. The van der Waals surface area contributed by atoms with Crippen molar-refractivity contribution in [3.63, 3.8) is 0 Å². The summed E-state index contributed by atoms with van der Waals surface area (Å²) in [4.78, 5) is 0. The highest BCUT2D eigenvalue weighted by atomic mass is 19.4. The molecular formula is C17H24F3N. The van der Waals surface area contributed by atoms with Gasteiger partial charge in [-0.2, -0.15) is 13.2 Å². The van der Waals surface area contributed by atoms with Gasteiger partial charge in [0.15, 0.2) is 0 Å². The second-order valence-electron chi connectivity index (χ2n) is 6.04. The van der Waals surface area contributed by atoms with E-state index in [1.54, 1.807) is 12.1 Å². The highest BCUT2D eigenvalue weighted by Gasteiger charge is 2.32. The van der Waals surface area contributed by atoms with Crippen molar-refractivity contribution < 1.29 is 13.2 Å². The van der Waals surface area contributed by atoms with E-state index in [1.807, 2.05) is 0 Å². The summed E-state index contributed by atoms with van der Waals surface area (Å²) in [5.41, 5.74) is -0.169. The largest absolute Gasteiger partial charge is 0.416 e. The van der Waals surface area contributed by atoms with E-state index in [0.29, 0.717) is 18.2 Å². The summed E-state index contributed by atoms with van der Waals surface area (Å²) >= 11 is 0. The maximum absolute atomic E-state index is 12.9. The quantitative estimate of drug-likeness (QED) is 0.792. The Morgan fingerprint density at radius 2 is 1.76 bits per heavy atom. The van der Waals surface area contributed by atoms with Gasteiger partial charge in [0.25, 0.3) is 0 Å². The molecule has 1 N–H and O–H groups in total. The minimum Gasteiger partial charge on any atom is -0.310 e. The lowest BCUT2D eigenvalue weighted by Gasteiger charge is -2.29. The van der Waals surface area contributed by atoms with Crippen LogP contribution in [-0.2, 0) is 12.7 Å². The van der Waals surface area contributed by atoms with E-state index in [1.165, 1.54) is 31.7 Å². The van der Waals surface area contributed by atoms with E-state index in [-0.39, 0.29) is 0 Å². The van der Waals surface area contributed by atoms with Crippen LogP contribution in [-0.4, -0.2) is 6.04 Å². The Labute approximate surface area is 124 Å². The molecule has 0 unspecified atom stereocenters. The van der Waals surface area contributed by atoms with Crippen molar-refractivity contribution >= 4 is 0 Å². The Kier molecular flexibility index (Phi) is 5.68. The molecule has 1 aliphatic carbocycles. The Morgan fingerprint density at radius 3 is 2.38 bits per heavy atom. The molecule has 0 aliphatic heterocycles. The van der Waals surface area contributed by atoms with Crippen LogP contribution in [0.25, 0.3) is 0 Å². The van der Waals surface area contributed by atoms with E-state index in [9.17, 15) is 13.2 Å². The average Bonchev–Trinajstić information content (AvgIpc) is 2.46. The zero-order valence-electron chi connectivity index (χ0n) is 12.5. The fraction of sp³-hybridized carbons (Fsp3) is 0.647. The van der Waals surface area contributed by atoms with Crippen molar-refractivity contribution in [3.05, 3.63) is 35.4 Å². The molecule has 0 heterocycles. The molecule has 1 aromatic carbocycles. The number of benzene rings is 1. The minimum atomic E-state index is -4.27. The SMILES string of the molecule is CCCC1CCC(NCc2ccccc2C(F)(F)F)CC1. The number of halogens is 3. The first-order chi connectivity index (χ1) is 10.0. The predicted octanol–water partition coefficient (Wildman–Crippen LogP) is 5.15. The molecular weight excluding hydrogens is 275 g/mol. The van der Waals surface area contributed by atoms with Gasteiger partial charge in [0.2, 0.25) is 0 Å². The van der Waals surface area contributed by atoms with Gasteiger partial charge in [0.05, 0.1) is 5.56 Å². The van der Waals surface area contributed by atoms with Crippen molar-refractivity contribution in [3.8, 4) is 0 Å². The van der Waals surface area contributed by atoms with Crippen LogP contribution in [0.5, 0.6) is 0 Å². The Bertz CT molecular complexity index is 434. The van der Waals surface area contributed by atoms with Crippen molar-refractivity contribution in [2.45, 2.75) is 64.2 Å². The molecule has 0 spiro atoms. The Hall–Kier alpha value is -1.03. The molecule has 0 atom stereocenters. The van der Waals surface area contributed by atoms with Gasteiger partial charge in [0.1, 0.15) is 0 Å². The molecule has 2 rings (SSSR count). The van der Waals surface area contributed by atoms with Gasteiger partial charge in [0, 0.05) is 12.6 Å². The van der Waals surface area contributed by atoms with Crippen LogP contribution < -0.4 is 5.32 Å². The molecule has 4 heteroatoms. The lowest BCUT2D eigenvalue weighted by atomic mass is 9.83. The molecule has 1 aromatic rings. The van der Waals surface area contributed by atoms with Crippen molar-refractivity contribution in [2.75, 3.05) is 0 Å². The molecule has 1 nitrogen and oxygen atoms in total. The highest BCUT2D eigenvalue weighted by molar-refractivity contribution is 5.29. The summed E-state index contributed by atoms with van der Waals surface area (Å²) in [5, 5.41) is 3.31. The van der Waals surface area contributed by atoms with Crippen molar-refractivity contribution in [2.24, 2.45) is 5.92 Å². The topological polar surface area (TPSA) is 12.0 Å². The van der Waals surface area contributed by atoms with Crippen molar-refractivity contribution in [1.29, 1.82) is 0 Å². The molecule has 0 bridgehead atoms. The second-order valence-corrected chi connectivity index (χ2v) is 6.04. The lowest BCUT2D eigenvalue weighted by molar-refractivity contribution is -0.138. The van der Waals surface area contributed by atoms with E-state index >= 15 is 0 Å². The first kappa shape index (κ1) is 16.3. The van der Waals surface area contributed by atoms with Gasteiger partial charge < -0.3 is 5.32 Å². The molecule has 1 aliphatic rings. The second kappa shape index (κ2) is 7.30. The van der Waals surface area contributed by atoms with E-state index < -0.39 is 11.7 Å². The Balaban J connectivity index is 1.87. The zero-order valence-corrected chi connectivity index (χ0v) is 12.5. The first-order valence-electron chi connectivity index (χ1n) is 7.89. The molecule has 118 valence electrons. The van der Waals surface area contributed by atoms with Crippen LogP contribution >= 0.6 is 0 Å². The Morgan fingerprint density at radius 1 is 1.10 bits per heavy atom. The van der Waals surface area contributed by atoms with Crippen LogP contribution in [0.3, 0.4) is 0 Å². The highest BCUT2D eigenvalue weighted by Crippen LogP contribution is 2.32. The van der Waals surface area contributed by atoms with Crippen LogP contribution in [0.1, 0.15) is 56.6 Å². The van der Waals surface area contributed by atoms with Crippen LogP contribution in [0.15, 0.2) is 24.3 Å². The summed E-state index contributed by atoms with van der Waals surface area (Å²) in [7, 11) is 0. The van der Waals surface area contributed by atoms with Gasteiger partial charge in [-0.15, -0.1) is 0 Å². The summed E-state index contributed by atoms with van der Waals surface area (Å²) in [6.07, 6.45) is 2.80. The van der Waals surface area contributed by atoms with E-state index in [4.69, 9.17) is 0 Å². The van der Waals surface area contributed by atoms with Gasteiger partial charge in [-0.05, 0) is 43.2 Å². The monoisotopic (exact) mass is 299 g/mol. The summed E-state index contributed by atoms with van der Waals surface area (Å²) in [5.74, 6) is 0.815. The molecule has 0 aromatic heterocycles. The first-order valence-corrected chi connectivity index (χ1v) is 7.89. The molecule has 0 saturated heterocycles. The van der Waals surface area contributed by atoms with E-state index in [2.05, 4.69) is 12.2 Å². The van der Waals surface area contributed by atoms with Gasteiger partial charge in [-0.1, -0.05) is 38.0 Å². The minimum absolute atomic E-state index is 0.304. The predicted molar refractivity (Wildman–Crippen MR) is 78.9 cm³/mol. The average molecular weight is 299 g/mol. The number of nitrogens with one attached hydrogen (secondary N) is 1. The van der Waals surface area contributed by atoms with Crippen LogP contribution in [0.2, 0.25) is 0 Å². The lowest BCUT2D eigenvalue weighted by Crippen LogP contribution is -2.33. The summed E-state index contributed by atoms with van der Waals surface area (Å²) in [6.45, 7) is 2.51. The molecule has 1 saturated carbocycles. The number of hydrogen-bond donors (Lipinski definition) is 1. The number of rotatable bonds is 5. The smallest absolute Gasteiger partial charge is 0.310 e. The fourth-order valence-electron chi connectivity index (χ4n) is 3.27. The third kappa shape index (κ3) is 4.73. The molecule has 0 amide bonds. The maximum atomic E-state index is 12.9. The number of alkyl halides is 3. The molecule has 1 fully saturated rings. The zero-order chi connectivity index (χ0) is 15.3. The van der Waals surface area contributed by atoms with E-state index in [0.717, 1.165) is 24.8 Å². The normalized spacial score (nSPS) is 23.2. The molecule has 21 heavy (non-hydrogen) atoms.